The molecule has 0 fully saturated rings. The molecular weight excluding hydrogens is 267 g/mol. The highest BCUT2D eigenvalue weighted by Gasteiger charge is 2.15. The first-order valence-corrected chi connectivity index (χ1v) is 6.70. The van der Waals surface area contributed by atoms with Gasteiger partial charge in [0.05, 0.1) is 0 Å². The maximum absolute atomic E-state index is 13.6. The fraction of sp³-hybridized carbons (Fsp3) is 0.235. The number of anilines is 1. The zero-order valence-electron chi connectivity index (χ0n) is 12.3. The maximum atomic E-state index is 13.6. The van der Waals surface area contributed by atoms with Crippen LogP contribution < -0.4 is 10.5 Å². The molecule has 2 aromatic rings. The minimum atomic E-state index is -0.590. The predicted molar refractivity (Wildman–Crippen MR) is 80.9 cm³/mol. The van der Waals surface area contributed by atoms with Gasteiger partial charge >= 0.3 is 0 Å². The number of nitrogen functional groups attached to an aromatic ring is 1. The fourth-order valence-corrected chi connectivity index (χ4v) is 2.07. The van der Waals surface area contributed by atoms with Gasteiger partial charge in [0.25, 0.3) is 0 Å². The summed E-state index contributed by atoms with van der Waals surface area (Å²) in [5.74, 6) is 0.414. The Morgan fingerprint density at radius 1 is 1.24 bits per heavy atom. The van der Waals surface area contributed by atoms with Crippen molar-refractivity contribution in [1.82, 2.24) is 0 Å². The number of nitrogens with zero attached hydrogens (tertiary/aromatic N) is 1. The molecule has 4 heteroatoms. The highest BCUT2D eigenvalue weighted by Crippen LogP contribution is 2.35. The molecule has 0 saturated heterocycles. The summed E-state index contributed by atoms with van der Waals surface area (Å²) < 4.78 is 19.4. The van der Waals surface area contributed by atoms with Crippen molar-refractivity contribution in [2.45, 2.75) is 26.7 Å². The number of nitriles is 1. The molecular formula is C17H17FN2O. The molecule has 0 aliphatic carbocycles. The summed E-state index contributed by atoms with van der Waals surface area (Å²) in [5.41, 5.74) is 8.32. The highest BCUT2D eigenvalue weighted by atomic mass is 19.1. The van der Waals surface area contributed by atoms with Crippen molar-refractivity contribution in [3.8, 4) is 17.6 Å². The average molecular weight is 284 g/mol. The third kappa shape index (κ3) is 2.97. The van der Waals surface area contributed by atoms with Crippen molar-refractivity contribution in [3.05, 3.63) is 52.8 Å². The van der Waals surface area contributed by atoms with Crippen molar-refractivity contribution in [2.75, 3.05) is 5.73 Å². The Hall–Kier alpha value is -2.54. The Kier molecular flexibility index (Phi) is 4.13. The molecule has 21 heavy (non-hydrogen) atoms. The van der Waals surface area contributed by atoms with Crippen LogP contribution in [-0.4, -0.2) is 0 Å². The van der Waals surface area contributed by atoms with Gasteiger partial charge in [0, 0.05) is 5.69 Å². The Morgan fingerprint density at radius 2 is 1.95 bits per heavy atom. The molecule has 0 saturated carbocycles. The standard InChI is InChI=1S/C17H17FN2O/c1-10(2)12-8-15(20)11(3)7-17(12)21-16-6-4-5-14(18)13(16)9-19/h4-8,10H,20H2,1-3H3. The lowest BCUT2D eigenvalue weighted by Gasteiger charge is -2.16. The van der Waals surface area contributed by atoms with Gasteiger partial charge in [-0.05, 0) is 48.2 Å². The molecule has 2 N–H and O–H groups in total. The largest absolute Gasteiger partial charge is 0.456 e. The van der Waals surface area contributed by atoms with Crippen LogP contribution in [0.5, 0.6) is 11.5 Å². The van der Waals surface area contributed by atoms with Gasteiger partial charge in [-0.1, -0.05) is 19.9 Å². The van der Waals surface area contributed by atoms with E-state index in [9.17, 15) is 4.39 Å². The number of rotatable bonds is 3. The molecule has 0 radical (unpaired) electrons. The molecule has 108 valence electrons. The molecule has 0 aliphatic heterocycles. The average Bonchev–Trinajstić information content (AvgIpc) is 2.42. The van der Waals surface area contributed by atoms with E-state index in [0.29, 0.717) is 11.4 Å². The summed E-state index contributed by atoms with van der Waals surface area (Å²) in [7, 11) is 0. The fourth-order valence-electron chi connectivity index (χ4n) is 2.07. The minimum Gasteiger partial charge on any atom is -0.456 e. The Labute approximate surface area is 123 Å². The first-order valence-electron chi connectivity index (χ1n) is 6.70. The zero-order chi connectivity index (χ0) is 15.6. The van der Waals surface area contributed by atoms with Gasteiger partial charge in [-0.2, -0.15) is 5.26 Å². The first-order chi connectivity index (χ1) is 9.93. The quantitative estimate of drug-likeness (QED) is 0.844. The van der Waals surface area contributed by atoms with Crippen molar-refractivity contribution < 1.29 is 9.13 Å². The topological polar surface area (TPSA) is 59.0 Å². The van der Waals surface area contributed by atoms with Crippen LogP contribution in [0.25, 0.3) is 0 Å². The summed E-state index contributed by atoms with van der Waals surface area (Å²) in [5, 5.41) is 9.06. The van der Waals surface area contributed by atoms with Crippen LogP contribution in [0.4, 0.5) is 10.1 Å². The van der Waals surface area contributed by atoms with E-state index in [0.717, 1.165) is 11.1 Å². The van der Waals surface area contributed by atoms with Gasteiger partial charge in [0.2, 0.25) is 0 Å². The molecule has 0 atom stereocenters. The van der Waals surface area contributed by atoms with Crippen LogP contribution in [0, 0.1) is 24.1 Å². The highest BCUT2D eigenvalue weighted by molar-refractivity contribution is 5.56. The van der Waals surface area contributed by atoms with Gasteiger partial charge < -0.3 is 10.5 Å². The monoisotopic (exact) mass is 284 g/mol. The number of halogens is 1. The second-order valence-electron chi connectivity index (χ2n) is 5.23. The molecule has 0 amide bonds. The van der Waals surface area contributed by atoms with Gasteiger partial charge in [-0.25, -0.2) is 4.39 Å². The number of nitrogens with two attached hydrogens (primary N) is 1. The SMILES string of the molecule is Cc1cc(Oc2cccc(F)c2C#N)c(C(C)C)cc1N. The molecule has 0 aliphatic rings. The number of hydrogen-bond donors (Lipinski definition) is 1. The van der Waals surface area contributed by atoms with Gasteiger partial charge in [-0.3, -0.25) is 0 Å². The van der Waals surface area contributed by atoms with E-state index in [1.165, 1.54) is 12.1 Å². The van der Waals surface area contributed by atoms with Crippen molar-refractivity contribution in [3.63, 3.8) is 0 Å². The van der Waals surface area contributed by atoms with Crippen LogP contribution >= 0.6 is 0 Å². The van der Waals surface area contributed by atoms with Crippen molar-refractivity contribution in [2.24, 2.45) is 0 Å². The number of aryl methyl sites for hydroxylation is 1. The van der Waals surface area contributed by atoms with Crippen LogP contribution in [0.1, 0.15) is 36.5 Å². The van der Waals surface area contributed by atoms with Gasteiger partial charge in [-0.15, -0.1) is 0 Å². The van der Waals surface area contributed by atoms with Gasteiger partial charge in [0.15, 0.2) is 0 Å². The molecule has 0 aromatic heterocycles. The normalized spacial score (nSPS) is 10.5. The summed E-state index contributed by atoms with van der Waals surface area (Å²) in [6.07, 6.45) is 0. The van der Waals surface area contributed by atoms with Crippen LogP contribution in [0.2, 0.25) is 0 Å². The predicted octanol–water partition coefficient (Wildman–Crippen LogP) is 4.50. The number of benzene rings is 2. The molecule has 0 bridgehead atoms. The lowest BCUT2D eigenvalue weighted by molar-refractivity contribution is 0.465. The lowest BCUT2D eigenvalue weighted by atomic mass is 9.99. The second kappa shape index (κ2) is 5.84. The first kappa shape index (κ1) is 14.9. The van der Waals surface area contributed by atoms with Crippen LogP contribution in [0.3, 0.4) is 0 Å². The van der Waals surface area contributed by atoms with E-state index in [4.69, 9.17) is 15.7 Å². The third-order valence-corrected chi connectivity index (χ3v) is 3.33. The van der Waals surface area contributed by atoms with Crippen LogP contribution in [0.15, 0.2) is 30.3 Å². The zero-order valence-corrected chi connectivity index (χ0v) is 12.3. The number of ether oxygens (including phenoxy) is 1. The van der Waals surface area contributed by atoms with E-state index in [1.807, 2.05) is 39.0 Å². The summed E-state index contributed by atoms with van der Waals surface area (Å²) in [4.78, 5) is 0. The van der Waals surface area contributed by atoms with Crippen molar-refractivity contribution in [1.29, 1.82) is 5.26 Å². The number of hydrogen-bond acceptors (Lipinski definition) is 3. The van der Waals surface area contributed by atoms with E-state index < -0.39 is 5.82 Å². The molecule has 2 aromatic carbocycles. The summed E-state index contributed by atoms with van der Waals surface area (Å²) >= 11 is 0. The van der Waals surface area contributed by atoms with E-state index in [2.05, 4.69) is 0 Å². The maximum Gasteiger partial charge on any atom is 0.148 e. The Balaban J connectivity index is 2.52. The Bertz CT molecular complexity index is 717. The molecule has 0 unspecified atom stereocenters. The van der Waals surface area contributed by atoms with E-state index in [1.54, 1.807) is 6.07 Å². The van der Waals surface area contributed by atoms with Crippen molar-refractivity contribution >= 4 is 5.69 Å². The van der Waals surface area contributed by atoms with E-state index in [-0.39, 0.29) is 17.2 Å². The molecule has 2 rings (SSSR count). The molecule has 3 nitrogen and oxygen atoms in total. The lowest BCUT2D eigenvalue weighted by Crippen LogP contribution is -2.00. The smallest absolute Gasteiger partial charge is 0.148 e. The van der Waals surface area contributed by atoms with E-state index >= 15 is 0 Å². The third-order valence-electron chi connectivity index (χ3n) is 3.33. The van der Waals surface area contributed by atoms with Crippen LogP contribution in [-0.2, 0) is 0 Å². The van der Waals surface area contributed by atoms with Gasteiger partial charge in [0.1, 0.15) is 28.9 Å². The summed E-state index contributed by atoms with van der Waals surface area (Å²) in [6.45, 7) is 5.92. The Morgan fingerprint density at radius 3 is 2.57 bits per heavy atom. The second-order valence-corrected chi connectivity index (χ2v) is 5.23. The summed E-state index contributed by atoms with van der Waals surface area (Å²) in [6, 6.07) is 9.85. The molecule has 0 spiro atoms. The molecule has 0 heterocycles. The minimum absolute atomic E-state index is 0.0957.